The Balaban J connectivity index is 1.68. The number of phenols is 1. The molecule has 0 spiro atoms. The zero-order valence-electron chi connectivity index (χ0n) is 16.0. The van der Waals surface area contributed by atoms with Gasteiger partial charge in [0.1, 0.15) is 5.82 Å². The maximum atomic E-state index is 10.2. The number of H-pyrrole nitrogens is 2. The molecular formula is C23H19N3O3. The number of nitrogens with one attached hydrogen (secondary N) is 2. The molecule has 0 aliphatic heterocycles. The summed E-state index contributed by atoms with van der Waals surface area (Å²) in [5.41, 5.74) is 5.64. The van der Waals surface area contributed by atoms with Crippen LogP contribution >= 0.6 is 0 Å². The zero-order valence-corrected chi connectivity index (χ0v) is 16.0. The van der Waals surface area contributed by atoms with Crippen LogP contribution in [0.4, 0.5) is 0 Å². The van der Waals surface area contributed by atoms with Crippen molar-refractivity contribution in [2.45, 2.75) is 0 Å². The predicted molar refractivity (Wildman–Crippen MR) is 114 cm³/mol. The summed E-state index contributed by atoms with van der Waals surface area (Å²) in [6.07, 6.45) is 1.93. The summed E-state index contributed by atoms with van der Waals surface area (Å²) in [6.45, 7) is 0. The van der Waals surface area contributed by atoms with Gasteiger partial charge in [0.15, 0.2) is 11.5 Å². The van der Waals surface area contributed by atoms with Crippen LogP contribution < -0.4 is 9.47 Å². The molecule has 2 aromatic heterocycles. The average molecular weight is 385 g/mol. The number of hydrogen-bond acceptors (Lipinski definition) is 4. The fourth-order valence-corrected chi connectivity index (χ4v) is 3.65. The summed E-state index contributed by atoms with van der Waals surface area (Å²) < 4.78 is 10.6. The first-order valence-corrected chi connectivity index (χ1v) is 9.19. The minimum absolute atomic E-state index is 0.0200. The number of fused-ring (bicyclic) bond motifs is 2. The van der Waals surface area contributed by atoms with E-state index < -0.39 is 0 Å². The van der Waals surface area contributed by atoms with E-state index in [9.17, 15) is 5.11 Å². The van der Waals surface area contributed by atoms with Crippen LogP contribution in [0.25, 0.3) is 44.5 Å². The minimum atomic E-state index is -0.0200. The second kappa shape index (κ2) is 6.60. The quantitative estimate of drug-likeness (QED) is 0.402. The molecule has 0 atom stereocenters. The van der Waals surface area contributed by atoms with E-state index in [1.54, 1.807) is 12.1 Å². The van der Waals surface area contributed by atoms with Crippen LogP contribution in [0, 0.1) is 0 Å². The Morgan fingerprint density at radius 2 is 1.66 bits per heavy atom. The summed E-state index contributed by atoms with van der Waals surface area (Å²) in [6, 6.07) is 17.8. The third-order valence-electron chi connectivity index (χ3n) is 5.13. The normalized spacial score (nSPS) is 11.2. The first-order chi connectivity index (χ1) is 14.2. The van der Waals surface area contributed by atoms with Gasteiger partial charge in [-0.3, -0.25) is 0 Å². The lowest BCUT2D eigenvalue weighted by Gasteiger charge is -2.11. The standard InChI is InChI=1S/C23H19N3O3/c1-28-19-11-15(12-20(29-2)22(19)27)16-4-3-5-18-21(16)26-23(25-18)14-6-7-17-13(10-14)8-9-24-17/h3-12,24,27H,1-2H3,(H,25,26). The topological polar surface area (TPSA) is 83.2 Å². The van der Waals surface area contributed by atoms with Crippen molar-refractivity contribution in [2.24, 2.45) is 0 Å². The number of hydrogen-bond donors (Lipinski definition) is 3. The second-order valence-corrected chi connectivity index (χ2v) is 6.80. The third kappa shape index (κ3) is 2.77. The van der Waals surface area contributed by atoms with E-state index in [1.807, 2.05) is 36.5 Å². The Morgan fingerprint density at radius 3 is 2.41 bits per heavy atom. The first-order valence-electron chi connectivity index (χ1n) is 9.19. The van der Waals surface area contributed by atoms with Gasteiger partial charge in [0, 0.05) is 28.2 Å². The lowest BCUT2D eigenvalue weighted by molar-refractivity contribution is 0.340. The highest BCUT2D eigenvalue weighted by Crippen LogP contribution is 2.41. The smallest absolute Gasteiger partial charge is 0.200 e. The Hall–Kier alpha value is -3.93. The average Bonchev–Trinajstić information content (AvgIpc) is 3.39. The number of methoxy groups -OCH3 is 2. The van der Waals surface area contributed by atoms with Gasteiger partial charge in [0.2, 0.25) is 5.75 Å². The molecule has 6 nitrogen and oxygen atoms in total. The van der Waals surface area contributed by atoms with Gasteiger partial charge in [-0.05, 0) is 48.0 Å². The Labute approximate surface area is 166 Å². The van der Waals surface area contributed by atoms with E-state index in [1.165, 1.54) is 14.2 Å². The van der Waals surface area contributed by atoms with Crippen molar-refractivity contribution in [1.29, 1.82) is 0 Å². The molecule has 3 N–H and O–H groups in total. The summed E-state index contributed by atoms with van der Waals surface area (Å²) in [5.74, 6) is 1.48. The molecule has 6 heteroatoms. The van der Waals surface area contributed by atoms with Crippen molar-refractivity contribution in [3.05, 3.63) is 60.8 Å². The maximum absolute atomic E-state index is 10.2. The Morgan fingerprint density at radius 1 is 0.862 bits per heavy atom. The number of phenolic OH excluding ortho intramolecular Hbond substituents is 1. The van der Waals surface area contributed by atoms with Crippen LogP contribution in [0.15, 0.2) is 60.8 Å². The highest BCUT2D eigenvalue weighted by atomic mass is 16.5. The molecule has 0 unspecified atom stereocenters. The summed E-state index contributed by atoms with van der Waals surface area (Å²) in [7, 11) is 3.03. The van der Waals surface area contributed by atoms with Gasteiger partial charge in [0.25, 0.3) is 0 Å². The lowest BCUT2D eigenvalue weighted by atomic mass is 10.0. The predicted octanol–water partition coefficient (Wildman–Crippen LogP) is 5.10. The molecule has 0 aliphatic rings. The van der Waals surface area contributed by atoms with Crippen LogP contribution in [0.3, 0.4) is 0 Å². The molecular weight excluding hydrogens is 366 g/mol. The molecule has 0 aliphatic carbocycles. The molecule has 2 heterocycles. The molecule has 0 amide bonds. The van der Waals surface area contributed by atoms with Crippen molar-refractivity contribution in [1.82, 2.24) is 15.0 Å². The van der Waals surface area contributed by atoms with Crippen LogP contribution in [0.5, 0.6) is 17.2 Å². The maximum Gasteiger partial charge on any atom is 0.200 e. The van der Waals surface area contributed by atoms with Gasteiger partial charge in [-0.1, -0.05) is 12.1 Å². The van der Waals surface area contributed by atoms with Crippen molar-refractivity contribution < 1.29 is 14.6 Å². The summed E-state index contributed by atoms with van der Waals surface area (Å²) >= 11 is 0. The number of imidazole rings is 1. The molecule has 0 radical (unpaired) electrons. The monoisotopic (exact) mass is 385 g/mol. The fourth-order valence-electron chi connectivity index (χ4n) is 3.65. The van der Waals surface area contributed by atoms with Gasteiger partial charge < -0.3 is 24.5 Å². The van der Waals surface area contributed by atoms with Gasteiger partial charge in [0.05, 0.1) is 25.3 Å². The number of aromatic hydroxyl groups is 1. The van der Waals surface area contributed by atoms with Gasteiger partial charge >= 0.3 is 0 Å². The summed E-state index contributed by atoms with van der Waals surface area (Å²) in [4.78, 5) is 11.5. The van der Waals surface area contributed by atoms with E-state index in [2.05, 4.69) is 22.1 Å². The first kappa shape index (κ1) is 17.2. The number of rotatable bonds is 4. The SMILES string of the molecule is COc1cc(-c2cccc3[nH]c(-c4ccc5[nH]ccc5c4)nc23)cc(OC)c1O. The molecule has 5 aromatic rings. The van der Waals surface area contributed by atoms with Crippen LogP contribution in [0.1, 0.15) is 0 Å². The Kier molecular flexibility index (Phi) is 3.91. The number of nitrogens with zero attached hydrogens (tertiary/aromatic N) is 1. The van der Waals surface area contributed by atoms with Crippen LogP contribution in [-0.2, 0) is 0 Å². The summed E-state index contributed by atoms with van der Waals surface area (Å²) in [5, 5.41) is 11.4. The largest absolute Gasteiger partial charge is 0.502 e. The van der Waals surface area contributed by atoms with Crippen molar-refractivity contribution in [3.8, 4) is 39.8 Å². The molecule has 5 rings (SSSR count). The van der Waals surface area contributed by atoms with E-state index in [-0.39, 0.29) is 5.75 Å². The molecule has 29 heavy (non-hydrogen) atoms. The van der Waals surface area contributed by atoms with Crippen molar-refractivity contribution >= 4 is 21.9 Å². The molecule has 0 saturated carbocycles. The second-order valence-electron chi connectivity index (χ2n) is 6.80. The number of aromatic nitrogens is 3. The van der Waals surface area contributed by atoms with E-state index in [0.29, 0.717) is 11.5 Å². The highest BCUT2D eigenvalue weighted by Gasteiger charge is 2.16. The van der Waals surface area contributed by atoms with Gasteiger partial charge in [-0.2, -0.15) is 0 Å². The number of ether oxygens (including phenoxy) is 2. The van der Waals surface area contributed by atoms with Gasteiger partial charge in [-0.15, -0.1) is 0 Å². The molecule has 0 saturated heterocycles. The van der Waals surface area contributed by atoms with Crippen molar-refractivity contribution in [3.63, 3.8) is 0 Å². The molecule has 0 bridgehead atoms. The molecule has 0 fully saturated rings. The number of para-hydroxylation sites is 1. The lowest BCUT2D eigenvalue weighted by Crippen LogP contribution is -1.91. The number of aromatic amines is 2. The van der Waals surface area contributed by atoms with Crippen LogP contribution in [-0.4, -0.2) is 34.3 Å². The van der Waals surface area contributed by atoms with E-state index >= 15 is 0 Å². The minimum Gasteiger partial charge on any atom is -0.502 e. The Bertz CT molecular complexity index is 1330. The molecule has 144 valence electrons. The van der Waals surface area contributed by atoms with Gasteiger partial charge in [-0.25, -0.2) is 4.98 Å². The van der Waals surface area contributed by atoms with Crippen LogP contribution in [0.2, 0.25) is 0 Å². The van der Waals surface area contributed by atoms with E-state index in [4.69, 9.17) is 14.5 Å². The third-order valence-corrected chi connectivity index (χ3v) is 5.13. The van der Waals surface area contributed by atoms with E-state index in [0.717, 1.165) is 44.5 Å². The highest BCUT2D eigenvalue weighted by molar-refractivity contribution is 5.95. The number of benzene rings is 3. The molecule has 3 aromatic carbocycles. The zero-order chi connectivity index (χ0) is 20.0. The van der Waals surface area contributed by atoms with Crippen molar-refractivity contribution in [2.75, 3.05) is 14.2 Å². The fraction of sp³-hybridized carbons (Fsp3) is 0.0870.